The SMILES string of the molecule is CCn1c(C(C)N(CCCOC)S(=O)(=O)/C=C/c2ccccc2)nc2ccccc2c1=O. The standard InChI is InChI=1S/C24H29N3O4S/c1-4-26-23(25-22-14-9-8-13-21(22)24(26)28)19(2)27(16-10-17-31-3)32(29,30)18-15-20-11-6-5-7-12-20/h5-9,11-15,18-19H,4,10,16-17H2,1-3H3/b18-15+. The van der Waals surface area contributed by atoms with Crippen LogP contribution in [0.2, 0.25) is 0 Å². The first kappa shape index (κ1) is 23.8. The minimum atomic E-state index is -3.80. The molecule has 1 heterocycles. The van der Waals surface area contributed by atoms with Gasteiger partial charge in [-0.05, 0) is 44.0 Å². The molecule has 0 radical (unpaired) electrons. The van der Waals surface area contributed by atoms with Crippen molar-refractivity contribution in [2.45, 2.75) is 32.9 Å². The maximum Gasteiger partial charge on any atom is 0.261 e. The summed E-state index contributed by atoms with van der Waals surface area (Å²) in [6, 6.07) is 15.7. The Labute approximate surface area is 189 Å². The maximum atomic E-state index is 13.3. The highest BCUT2D eigenvalue weighted by molar-refractivity contribution is 7.92. The van der Waals surface area contributed by atoms with Crippen molar-refractivity contribution in [3.8, 4) is 0 Å². The Morgan fingerprint density at radius 3 is 2.50 bits per heavy atom. The third kappa shape index (κ3) is 5.32. The lowest BCUT2D eigenvalue weighted by molar-refractivity contribution is 0.182. The van der Waals surface area contributed by atoms with Crippen molar-refractivity contribution < 1.29 is 13.2 Å². The summed E-state index contributed by atoms with van der Waals surface area (Å²) in [5.41, 5.74) is 1.17. The summed E-state index contributed by atoms with van der Waals surface area (Å²) >= 11 is 0. The normalized spacial score (nSPS) is 13.2. The number of para-hydroxylation sites is 1. The van der Waals surface area contributed by atoms with E-state index in [0.717, 1.165) is 5.56 Å². The largest absolute Gasteiger partial charge is 0.385 e. The van der Waals surface area contributed by atoms with Gasteiger partial charge in [0.25, 0.3) is 5.56 Å². The summed E-state index contributed by atoms with van der Waals surface area (Å²) in [4.78, 5) is 17.7. The second-order valence-corrected chi connectivity index (χ2v) is 9.20. The third-order valence-corrected chi connectivity index (χ3v) is 6.93. The fourth-order valence-corrected chi connectivity index (χ4v) is 5.06. The van der Waals surface area contributed by atoms with Crippen LogP contribution in [0.4, 0.5) is 0 Å². The molecule has 0 bridgehead atoms. The molecule has 32 heavy (non-hydrogen) atoms. The fourth-order valence-electron chi connectivity index (χ4n) is 3.65. The molecular formula is C24H29N3O4S. The number of sulfonamides is 1. The molecule has 2 aromatic carbocycles. The molecule has 1 aromatic heterocycles. The Bertz CT molecular complexity index is 1240. The van der Waals surface area contributed by atoms with E-state index in [1.807, 2.05) is 43.3 Å². The van der Waals surface area contributed by atoms with Gasteiger partial charge in [0, 0.05) is 32.2 Å². The van der Waals surface area contributed by atoms with Crippen LogP contribution in [0, 0.1) is 0 Å². The van der Waals surface area contributed by atoms with Crippen LogP contribution in [0.5, 0.6) is 0 Å². The predicted molar refractivity (Wildman–Crippen MR) is 128 cm³/mol. The zero-order valence-electron chi connectivity index (χ0n) is 18.6. The Balaban J connectivity index is 2.05. The van der Waals surface area contributed by atoms with E-state index in [9.17, 15) is 13.2 Å². The van der Waals surface area contributed by atoms with E-state index in [1.54, 1.807) is 42.9 Å². The number of ether oxygens (including phenoxy) is 1. The lowest BCUT2D eigenvalue weighted by Crippen LogP contribution is -2.37. The number of rotatable bonds is 10. The summed E-state index contributed by atoms with van der Waals surface area (Å²) in [6.45, 7) is 4.68. The van der Waals surface area contributed by atoms with Gasteiger partial charge in [0.1, 0.15) is 5.82 Å². The zero-order chi connectivity index (χ0) is 23.1. The van der Waals surface area contributed by atoms with Crippen LogP contribution in [0.1, 0.15) is 37.7 Å². The molecule has 0 saturated heterocycles. The number of fused-ring (bicyclic) bond motifs is 1. The van der Waals surface area contributed by atoms with Crippen molar-refractivity contribution in [3.05, 3.63) is 81.7 Å². The van der Waals surface area contributed by atoms with Gasteiger partial charge >= 0.3 is 0 Å². The molecule has 170 valence electrons. The molecule has 0 saturated carbocycles. The molecule has 0 N–H and O–H groups in total. The quantitative estimate of drug-likeness (QED) is 0.434. The van der Waals surface area contributed by atoms with Crippen LogP contribution < -0.4 is 5.56 Å². The van der Waals surface area contributed by atoms with E-state index >= 15 is 0 Å². The van der Waals surface area contributed by atoms with Gasteiger partial charge in [0.15, 0.2) is 0 Å². The Hall–Kier alpha value is -2.81. The molecule has 0 fully saturated rings. The van der Waals surface area contributed by atoms with Crippen LogP contribution in [-0.4, -0.2) is 42.5 Å². The molecule has 0 aliphatic carbocycles. The molecule has 3 aromatic rings. The summed E-state index contributed by atoms with van der Waals surface area (Å²) < 4.78 is 34.8. The molecule has 0 aliphatic heterocycles. The lowest BCUT2D eigenvalue weighted by Gasteiger charge is -2.28. The molecular weight excluding hydrogens is 426 g/mol. The van der Waals surface area contributed by atoms with Crippen molar-refractivity contribution in [1.29, 1.82) is 0 Å². The van der Waals surface area contributed by atoms with Crippen LogP contribution in [0.3, 0.4) is 0 Å². The first-order valence-electron chi connectivity index (χ1n) is 10.6. The Morgan fingerprint density at radius 2 is 1.81 bits per heavy atom. The van der Waals surface area contributed by atoms with Crippen molar-refractivity contribution >= 4 is 27.0 Å². The zero-order valence-corrected chi connectivity index (χ0v) is 19.5. The van der Waals surface area contributed by atoms with E-state index in [-0.39, 0.29) is 12.1 Å². The van der Waals surface area contributed by atoms with E-state index < -0.39 is 16.1 Å². The van der Waals surface area contributed by atoms with Crippen LogP contribution in [0.15, 0.2) is 64.8 Å². The van der Waals surface area contributed by atoms with Crippen molar-refractivity contribution in [1.82, 2.24) is 13.9 Å². The van der Waals surface area contributed by atoms with Crippen LogP contribution >= 0.6 is 0 Å². The molecule has 0 aliphatic rings. The monoisotopic (exact) mass is 455 g/mol. The topological polar surface area (TPSA) is 81.5 Å². The molecule has 3 rings (SSSR count). The Kier molecular flexibility index (Phi) is 7.95. The number of benzene rings is 2. The third-order valence-electron chi connectivity index (χ3n) is 5.30. The van der Waals surface area contributed by atoms with E-state index in [0.29, 0.717) is 36.3 Å². The number of aromatic nitrogens is 2. The maximum absolute atomic E-state index is 13.3. The first-order valence-corrected chi connectivity index (χ1v) is 12.1. The lowest BCUT2D eigenvalue weighted by atomic mass is 10.2. The van der Waals surface area contributed by atoms with E-state index in [4.69, 9.17) is 4.74 Å². The number of nitrogens with zero attached hydrogens (tertiary/aromatic N) is 3. The van der Waals surface area contributed by atoms with Gasteiger partial charge in [-0.3, -0.25) is 9.36 Å². The van der Waals surface area contributed by atoms with Gasteiger partial charge in [-0.1, -0.05) is 42.5 Å². The summed E-state index contributed by atoms with van der Waals surface area (Å²) in [5, 5.41) is 1.73. The van der Waals surface area contributed by atoms with Crippen molar-refractivity contribution in [3.63, 3.8) is 0 Å². The minimum Gasteiger partial charge on any atom is -0.385 e. The predicted octanol–water partition coefficient (Wildman–Crippen LogP) is 3.82. The van der Waals surface area contributed by atoms with Crippen molar-refractivity contribution in [2.75, 3.05) is 20.3 Å². The summed E-state index contributed by atoms with van der Waals surface area (Å²) in [6.07, 6.45) is 2.09. The molecule has 7 nitrogen and oxygen atoms in total. The van der Waals surface area contributed by atoms with E-state index in [2.05, 4.69) is 4.98 Å². The summed E-state index contributed by atoms with van der Waals surface area (Å²) in [5.74, 6) is 0.422. The fraction of sp³-hybridized carbons (Fsp3) is 0.333. The number of hydrogen-bond acceptors (Lipinski definition) is 5. The van der Waals surface area contributed by atoms with Gasteiger partial charge < -0.3 is 4.74 Å². The van der Waals surface area contributed by atoms with Crippen LogP contribution in [-0.2, 0) is 21.3 Å². The van der Waals surface area contributed by atoms with Gasteiger partial charge in [0.2, 0.25) is 10.0 Å². The number of hydrogen-bond donors (Lipinski definition) is 0. The van der Waals surface area contributed by atoms with Gasteiger partial charge in [-0.2, -0.15) is 4.31 Å². The molecule has 1 unspecified atom stereocenters. The average Bonchev–Trinajstić information content (AvgIpc) is 2.81. The molecule has 0 amide bonds. The second kappa shape index (κ2) is 10.7. The highest BCUT2D eigenvalue weighted by Gasteiger charge is 2.29. The highest BCUT2D eigenvalue weighted by Crippen LogP contribution is 2.24. The number of methoxy groups -OCH3 is 1. The first-order chi connectivity index (χ1) is 15.4. The Morgan fingerprint density at radius 1 is 1.12 bits per heavy atom. The van der Waals surface area contributed by atoms with Gasteiger partial charge in [0.05, 0.1) is 16.9 Å². The van der Waals surface area contributed by atoms with E-state index in [1.165, 1.54) is 9.71 Å². The molecule has 1 atom stereocenters. The highest BCUT2D eigenvalue weighted by atomic mass is 32.2. The second-order valence-electron chi connectivity index (χ2n) is 7.43. The van der Waals surface area contributed by atoms with Gasteiger partial charge in [-0.15, -0.1) is 0 Å². The van der Waals surface area contributed by atoms with Crippen molar-refractivity contribution in [2.24, 2.45) is 0 Å². The van der Waals surface area contributed by atoms with Gasteiger partial charge in [-0.25, -0.2) is 13.4 Å². The molecule has 8 heteroatoms. The summed E-state index contributed by atoms with van der Waals surface area (Å²) in [7, 11) is -2.22. The minimum absolute atomic E-state index is 0.172. The molecule has 0 spiro atoms. The van der Waals surface area contributed by atoms with Crippen LogP contribution in [0.25, 0.3) is 17.0 Å². The average molecular weight is 456 g/mol. The smallest absolute Gasteiger partial charge is 0.261 e.